The van der Waals surface area contributed by atoms with E-state index in [-0.39, 0.29) is 28.8 Å². The van der Waals surface area contributed by atoms with Crippen molar-refractivity contribution in [1.29, 1.82) is 0 Å². The molecule has 0 aliphatic carbocycles. The number of carbonyl (C=O) groups excluding carboxylic acids is 1. The topological polar surface area (TPSA) is 75.5 Å². The lowest BCUT2D eigenvalue weighted by atomic mass is 9.92. The molecule has 1 aromatic carbocycles. The molecule has 1 N–H and O–H groups in total. The Morgan fingerprint density at radius 2 is 2.05 bits per heavy atom. The van der Waals surface area contributed by atoms with Gasteiger partial charge in [0, 0.05) is 24.2 Å². The second-order valence-corrected chi connectivity index (χ2v) is 6.54. The number of hydrogen-bond donors (Lipinski definition) is 1. The van der Waals surface area contributed by atoms with Gasteiger partial charge < -0.3 is 5.32 Å². The molecule has 0 unspecified atom stereocenters. The first-order chi connectivity index (χ1) is 10.3. The molecule has 0 bridgehead atoms. The van der Waals surface area contributed by atoms with Gasteiger partial charge in [-0.1, -0.05) is 25.4 Å². The van der Waals surface area contributed by atoms with Crippen LogP contribution in [0.1, 0.15) is 20.3 Å². The second kappa shape index (κ2) is 7.07. The Labute approximate surface area is 134 Å². The molecule has 2 atom stereocenters. The number of nitrogens with one attached hydrogen (secondary N) is 1. The first kappa shape index (κ1) is 16.7. The molecule has 0 radical (unpaired) electrons. The lowest BCUT2D eigenvalue weighted by molar-refractivity contribution is -0.383. The summed E-state index contributed by atoms with van der Waals surface area (Å²) < 4.78 is 0. The Balaban J connectivity index is 2.02. The fraction of sp³-hybridized carbons (Fsp3) is 0.533. The van der Waals surface area contributed by atoms with E-state index in [9.17, 15) is 14.9 Å². The molecule has 0 saturated carbocycles. The number of carbonyl (C=O) groups is 1. The third-order valence-electron chi connectivity index (χ3n) is 3.74. The summed E-state index contributed by atoms with van der Waals surface area (Å²) in [7, 11) is 0. The minimum Gasteiger partial charge on any atom is -0.319 e. The number of rotatable bonds is 4. The Hall–Kier alpha value is -1.66. The maximum atomic E-state index is 12.1. The fourth-order valence-electron chi connectivity index (χ4n) is 3.08. The number of nitro benzene ring substituents is 1. The van der Waals surface area contributed by atoms with Crippen LogP contribution in [0.25, 0.3) is 0 Å². The minimum atomic E-state index is -0.549. The van der Waals surface area contributed by atoms with Crippen molar-refractivity contribution in [2.24, 2.45) is 11.8 Å². The lowest BCUT2D eigenvalue weighted by Gasteiger charge is -2.34. The Bertz CT molecular complexity index is 569. The second-order valence-electron chi connectivity index (χ2n) is 6.11. The number of anilines is 1. The summed E-state index contributed by atoms with van der Waals surface area (Å²) in [5.74, 6) is 0.870. The Kier molecular flexibility index (Phi) is 5.37. The maximum absolute atomic E-state index is 12.1. The van der Waals surface area contributed by atoms with Crippen molar-refractivity contribution in [3.63, 3.8) is 0 Å². The first-order valence-electron chi connectivity index (χ1n) is 7.31. The molecule has 0 spiro atoms. The zero-order chi connectivity index (χ0) is 16.3. The van der Waals surface area contributed by atoms with E-state index in [1.807, 2.05) is 0 Å². The van der Waals surface area contributed by atoms with Gasteiger partial charge >= 0.3 is 0 Å². The number of hydrogen-bond acceptors (Lipinski definition) is 4. The largest absolute Gasteiger partial charge is 0.319 e. The van der Waals surface area contributed by atoms with Crippen LogP contribution in [-0.4, -0.2) is 35.4 Å². The van der Waals surface area contributed by atoms with Crippen LogP contribution in [0.2, 0.25) is 5.02 Å². The van der Waals surface area contributed by atoms with E-state index in [0.717, 1.165) is 13.1 Å². The lowest BCUT2D eigenvalue weighted by Crippen LogP contribution is -2.42. The van der Waals surface area contributed by atoms with E-state index in [0.29, 0.717) is 11.8 Å². The standard InChI is InChI=1S/C15H20ClN3O3/c1-10-5-11(2)8-18(7-10)9-15(20)17-13-4-3-12(16)6-14(13)19(21)22/h3-4,6,10-11H,5,7-9H2,1-2H3,(H,17,20)/t10-,11-/m1/s1. The quantitative estimate of drug-likeness (QED) is 0.681. The van der Waals surface area contributed by atoms with Crippen LogP contribution in [0, 0.1) is 22.0 Å². The number of nitrogens with zero attached hydrogens (tertiary/aromatic N) is 2. The molecular weight excluding hydrogens is 306 g/mol. The molecule has 1 saturated heterocycles. The van der Waals surface area contributed by atoms with Crippen molar-refractivity contribution in [3.8, 4) is 0 Å². The van der Waals surface area contributed by atoms with Crippen molar-refractivity contribution in [2.75, 3.05) is 25.0 Å². The van der Waals surface area contributed by atoms with E-state index in [1.54, 1.807) is 0 Å². The SMILES string of the molecule is C[C@@H]1C[C@@H](C)CN(CC(=O)Nc2ccc(Cl)cc2[N+](=O)[O-])C1. The van der Waals surface area contributed by atoms with E-state index >= 15 is 0 Å². The van der Waals surface area contributed by atoms with Gasteiger partial charge in [-0.25, -0.2) is 0 Å². The molecule has 22 heavy (non-hydrogen) atoms. The van der Waals surface area contributed by atoms with E-state index in [2.05, 4.69) is 24.1 Å². The smallest absolute Gasteiger partial charge is 0.294 e. The van der Waals surface area contributed by atoms with Crippen LogP contribution in [0.3, 0.4) is 0 Å². The third kappa shape index (κ3) is 4.42. The van der Waals surface area contributed by atoms with Gasteiger partial charge in [0.2, 0.25) is 5.91 Å². The average molecular weight is 326 g/mol. The Morgan fingerprint density at radius 3 is 2.64 bits per heavy atom. The highest BCUT2D eigenvalue weighted by Crippen LogP contribution is 2.28. The molecule has 1 aliphatic heterocycles. The number of benzene rings is 1. The van der Waals surface area contributed by atoms with Crippen LogP contribution < -0.4 is 5.32 Å². The van der Waals surface area contributed by atoms with Gasteiger partial charge in [0.25, 0.3) is 5.69 Å². The molecule has 2 rings (SSSR count). The van der Waals surface area contributed by atoms with Crippen molar-refractivity contribution >= 4 is 28.9 Å². The molecule has 1 heterocycles. The van der Waals surface area contributed by atoms with Crippen LogP contribution in [0.5, 0.6) is 0 Å². The molecule has 120 valence electrons. The highest BCUT2D eigenvalue weighted by atomic mass is 35.5. The van der Waals surface area contributed by atoms with E-state index in [1.165, 1.54) is 24.6 Å². The number of likely N-dealkylation sites (tertiary alicyclic amines) is 1. The van der Waals surface area contributed by atoms with Crippen molar-refractivity contribution in [1.82, 2.24) is 4.90 Å². The predicted octanol–water partition coefficient (Wildman–Crippen LogP) is 3.16. The van der Waals surface area contributed by atoms with Gasteiger partial charge in [0.1, 0.15) is 5.69 Å². The molecule has 1 aromatic rings. The van der Waals surface area contributed by atoms with Gasteiger partial charge in [0.05, 0.1) is 11.5 Å². The molecule has 1 amide bonds. The summed E-state index contributed by atoms with van der Waals surface area (Å²) in [5.41, 5.74) is -0.0151. The highest BCUT2D eigenvalue weighted by Gasteiger charge is 2.24. The maximum Gasteiger partial charge on any atom is 0.294 e. The summed E-state index contributed by atoms with van der Waals surface area (Å²) >= 11 is 5.76. The van der Waals surface area contributed by atoms with Gasteiger partial charge in [-0.15, -0.1) is 0 Å². The molecule has 6 nitrogen and oxygen atoms in total. The predicted molar refractivity (Wildman–Crippen MR) is 86.1 cm³/mol. The van der Waals surface area contributed by atoms with Crippen molar-refractivity contribution < 1.29 is 9.72 Å². The molecule has 7 heteroatoms. The molecule has 1 fully saturated rings. The number of halogens is 1. The van der Waals surface area contributed by atoms with Crippen LogP contribution in [0.15, 0.2) is 18.2 Å². The molecular formula is C15H20ClN3O3. The normalized spacial score (nSPS) is 22.3. The van der Waals surface area contributed by atoms with Gasteiger partial charge in [0.15, 0.2) is 0 Å². The Morgan fingerprint density at radius 1 is 1.41 bits per heavy atom. The van der Waals surface area contributed by atoms with Crippen LogP contribution in [-0.2, 0) is 4.79 Å². The summed E-state index contributed by atoms with van der Waals surface area (Å²) in [6.07, 6.45) is 1.17. The van der Waals surface area contributed by atoms with Crippen LogP contribution >= 0.6 is 11.6 Å². The highest BCUT2D eigenvalue weighted by molar-refractivity contribution is 6.31. The number of nitro groups is 1. The first-order valence-corrected chi connectivity index (χ1v) is 7.69. The number of piperidine rings is 1. The van der Waals surface area contributed by atoms with Gasteiger partial charge in [-0.3, -0.25) is 19.8 Å². The number of amides is 1. The molecule has 1 aliphatic rings. The summed E-state index contributed by atoms with van der Waals surface area (Å²) in [6, 6.07) is 4.22. The van der Waals surface area contributed by atoms with Crippen molar-refractivity contribution in [3.05, 3.63) is 33.3 Å². The van der Waals surface area contributed by atoms with Crippen molar-refractivity contribution in [2.45, 2.75) is 20.3 Å². The van der Waals surface area contributed by atoms with Crippen LogP contribution in [0.4, 0.5) is 11.4 Å². The van der Waals surface area contributed by atoms with E-state index < -0.39 is 4.92 Å². The fourth-order valence-corrected chi connectivity index (χ4v) is 3.24. The summed E-state index contributed by atoms with van der Waals surface area (Å²) in [4.78, 5) is 24.7. The zero-order valence-electron chi connectivity index (χ0n) is 12.7. The monoisotopic (exact) mass is 325 g/mol. The summed E-state index contributed by atoms with van der Waals surface area (Å²) in [6.45, 7) is 6.34. The third-order valence-corrected chi connectivity index (χ3v) is 3.98. The van der Waals surface area contributed by atoms with Gasteiger partial charge in [-0.05, 0) is 30.4 Å². The zero-order valence-corrected chi connectivity index (χ0v) is 13.5. The minimum absolute atomic E-state index is 0.178. The average Bonchev–Trinajstić information content (AvgIpc) is 2.39. The molecule has 0 aromatic heterocycles. The summed E-state index contributed by atoms with van der Waals surface area (Å²) in [5, 5.41) is 13.9. The van der Waals surface area contributed by atoms with Gasteiger partial charge in [-0.2, -0.15) is 0 Å². The van der Waals surface area contributed by atoms with E-state index in [4.69, 9.17) is 11.6 Å².